The molecule has 8 nitrogen and oxygen atoms in total. The first-order chi connectivity index (χ1) is 23.3. The first kappa shape index (κ1) is 35.7. The Kier molecular flexibility index (Phi) is 14.0. The van der Waals surface area contributed by atoms with Crippen LogP contribution in [0.1, 0.15) is 72.0 Å². The van der Waals surface area contributed by atoms with E-state index in [0.717, 1.165) is 48.8 Å². The van der Waals surface area contributed by atoms with Crippen molar-refractivity contribution in [2.24, 2.45) is 0 Å². The van der Waals surface area contributed by atoms with Gasteiger partial charge >= 0.3 is 11.9 Å². The van der Waals surface area contributed by atoms with E-state index in [0.29, 0.717) is 54.2 Å². The predicted octanol–water partition coefficient (Wildman–Crippen LogP) is 7.87. The van der Waals surface area contributed by atoms with Gasteiger partial charge < -0.3 is 25.0 Å². The molecule has 3 N–H and O–H groups in total. The Hall–Kier alpha value is -5.18. The van der Waals surface area contributed by atoms with E-state index in [1.54, 1.807) is 30.3 Å². The van der Waals surface area contributed by atoms with Gasteiger partial charge in [0.1, 0.15) is 17.3 Å². The topological polar surface area (TPSA) is 122 Å². The van der Waals surface area contributed by atoms with Crippen LogP contribution in [0, 0.1) is 5.82 Å². The summed E-state index contributed by atoms with van der Waals surface area (Å²) < 4.78 is 26.0. The lowest BCUT2D eigenvalue weighted by atomic mass is 9.97. The lowest BCUT2D eigenvalue weighted by Gasteiger charge is -2.15. The lowest BCUT2D eigenvalue weighted by molar-refractivity contribution is -0.138. The van der Waals surface area contributed by atoms with Crippen molar-refractivity contribution in [3.8, 4) is 22.6 Å². The minimum absolute atomic E-state index is 0.0115. The van der Waals surface area contributed by atoms with Gasteiger partial charge in [0.2, 0.25) is 0 Å². The molecule has 0 bridgehead atoms. The number of carbonyl (C=O) groups is 3. The summed E-state index contributed by atoms with van der Waals surface area (Å²) in [5.74, 6) is -1.24. The Labute approximate surface area is 280 Å². The maximum Gasteiger partial charge on any atom is 0.303 e. The molecule has 0 spiro atoms. The van der Waals surface area contributed by atoms with E-state index >= 15 is 0 Å². The molecule has 9 heteroatoms. The minimum Gasteiger partial charge on any atom is -0.494 e. The number of ether oxygens (including phenoxy) is 2. The van der Waals surface area contributed by atoms with E-state index in [1.165, 1.54) is 12.1 Å². The summed E-state index contributed by atoms with van der Waals surface area (Å²) >= 11 is 0. The van der Waals surface area contributed by atoms with Crippen LogP contribution in [-0.4, -0.2) is 41.3 Å². The third-order valence-electron chi connectivity index (χ3n) is 7.84. The number of carboxylic acid groups (broad SMARTS) is 2. The standard InChI is InChI=1S/C39H42FNO7/c40-33-16-8-15-30(24-33)31-23-32(39(46)41-27-28-11-4-3-5-12-28)26-34(25-31)47-21-7-2-1-6-13-29-14-9-17-36(35(29)19-20-38(44)45)48-22-10-18-37(42)43/h3-5,8-9,11-12,14-17,23-26H,1-2,6-7,10,13,18-22,27H2,(H,41,46)(H,42,43)(H,44,45). The molecule has 4 aromatic carbocycles. The van der Waals surface area contributed by atoms with Crippen molar-refractivity contribution in [2.45, 2.75) is 64.3 Å². The molecule has 48 heavy (non-hydrogen) atoms. The van der Waals surface area contributed by atoms with Crippen LogP contribution >= 0.6 is 0 Å². The smallest absolute Gasteiger partial charge is 0.303 e. The third kappa shape index (κ3) is 11.9. The number of carboxylic acids is 2. The van der Waals surface area contributed by atoms with Crippen molar-refractivity contribution in [1.29, 1.82) is 0 Å². The van der Waals surface area contributed by atoms with Crippen molar-refractivity contribution >= 4 is 17.8 Å². The van der Waals surface area contributed by atoms with Crippen LogP contribution in [0.3, 0.4) is 0 Å². The van der Waals surface area contributed by atoms with Gasteiger partial charge in [0, 0.05) is 24.9 Å². The third-order valence-corrected chi connectivity index (χ3v) is 7.84. The highest BCUT2D eigenvalue weighted by atomic mass is 19.1. The molecule has 0 atom stereocenters. The van der Waals surface area contributed by atoms with E-state index in [-0.39, 0.29) is 31.2 Å². The zero-order valence-electron chi connectivity index (χ0n) is 27.0. The largest absolute Gasteiger partial charge is 0.494 e. The second kappa shape index (κ2) is 18.8. The van der Waals surface area contributed by atoms with Crippen LogP contribution in [0.2, 0.25) is 0 Å². The lowest BCUT2D eigenvalue weighted by Crippen LogP contribution is -2.22. The summed E-state index contributed by atoms with van der Waals surface area (Å²) in [5.41, 5.74) is 4.64. The van der Waals surface area contributed by atoms with E-state index < -0.39 is 11.9 Å². The molecule has 252 valence electrons. The van der Waals surface area contributed by atoms with Gasteiger partial charge in [-0.1, -0.05) is 67.4 Å². The molecule has 0 aromatic heterocycles. The minimum atomic E-state index is -0.886. The summed E-state index contributed by atoms with van der Waals surface area (Å²) in [7, 11) is 0. The predicted molar refractivity (Wildman–Crippen MR) is 182 cm³/mol. The molecule has 1 amide bonds. The average molecular weight is 656 g/mol. The Balaban J connectivity index is 1.31. The zero-order chi connectivity index (χ0) is 34.1. The summed E-state index contributed by atoms with van der Waals surface area (Å²) in [4.78, 5) is 35.2. The van der Waals surface area contributed by atoms with Crippen LogP contribution in [0.25, 0.3) is 11.1 Å². The van der Waals surface area contributed by atoms with Crippen LogP contribution in [0.4, 0.5) is 4.39 Å². The molecule has 4 aromatic rings. The number of halogens is 1. The molecule has 0 fully saturated rings. The van der Waals surface area contributed by atoms with Crippen LogP contribution in [0.15, 0.2) is 91.0 Å². The fourth-order valence-electron chi connectivity index (χ4n) is 5.39. The van der Waals surface area contributed by atoms with Crippen molar-refractivity contribution < 1.29 is 38.5 Å². The van der Waals surface area contributed by atoms with E-state index in [4.69, 9.17) is 14.6 Å². The summed E-state index contributed by atoms with van der Waals surface area (Å²) in [6, 6.07) is 26.8. The van der Waals surface area contributed by atoms with Crippen molar-refractivity contribution in [3.63, 3.8) is 0 Å². The van der Waals surface area contributed by atoms with Crippen LogP contribution in [0.5, 0.6) is 11.5 Å². The van der Waals surface area contributed by atoms with Gasteiger partial charge in [0.15, 0.2) is 0 Å². The first-order valence-corrected chi connectivity index (χ1v) is 16.3. The number of amides is 1. The molecular weight excluding hydrogens is 613 g/mol. The van der Waals surface area contributed by atoms with Crippen molar-refractivity contribution in [3.05, 3.63) is 119 Å². The summed E-state index contributed by atoms with van der Waals surface area (Å²) in [5, 5.41) is 21.1. The summed E-state index contributed by atoms with van der Waals surface area (Å²) in [6.07, 6.45) is 4.99. The molecule has 0 saturated heterocycles. The quantitative estimate of drug-likeness (QED) is 0.0829. The number of aryl methyl sites for hydroxylation is 1. The van der Waals surface area contributed by atoms with Gasteiger partial charge in [-0.15, -0.1) is 0 Å². The van der Waals surface area contributed by atoms with Crippen molar-refractivity contribution in [2.75, 3.05) is 13.2 Å². The second-order valence-electron chi connectivity index (χ2n) is 11.6. The van der Waals surface area contributed by atoms with Gasteiger partial charge in [-0.25, -0.2) is 4.39 Å². The summed E-state index contributed by atoms with van der Waals surface area (Å²) in [6.45, 7) is 1.08. The fourth-order valence-corrected chi connectivity index (χ4v) is 5.39. The van der Waals surface area contributed by atoms with E-state index in [9.17, 15) is 23.9 Å². The number of hydrogen-bond acceptors (Lipinski definition) is 5. The van der Waals surface area contributed by atoms with Gasteiger partial charge in [-0.3, -0.25) is 14.4 Å². The highest BCUT2D eigenvalue weighted by molar-refractivity contribution is 5.96. The molecule has 0 saturated carbocycles. The fraction of sp³-hybridized carbons (Fsp3) is 0.308. The Morgan fingerprint density at radius 3 is 2.19 bits per heavy atom. The molecular formula is C39H42FNO7. The second-order valence-corrected chi connectivity index (χ2v) is 11.6. The van der Waals surface area contributed by atoms with Gasteiger partial charge in [-0.2, -0.15) is 0 Å². The highest BCUT2D eigenvalue weighted by Crippen LogP contribution is 2.28. The Morgan fingerprint density at radius 2 is 1.42 bits per heavy atom. The molecule has 0 aliphatic heterocycles. The number of carbonyl (C=O) groups excluding carboxylic acids is 1. The Morgan fingerprint density at radius 1 is 0.667 bits per heavy atom. The number of aliphatic carboxylic acids is 2. The monoisotopic (exact) mass is 655 g/mol. The number of unbranched alkanes of at least 4 members (excludes halogenated alkanes) is 3. The average Bonchev–Trinajstić information content (AvgIpc) is 3.08. The van der Waals surface area contributed by atoms with Crippen LogP contribution in [-0.2, 0) is 29.0 Å². The SMILES string of the molecule is O=C(O)CCCOc1cccc(CCCCCCOc2cc(C(=O)NCc3ccccc3)cc(-c3cccc(F)c3)c2)c1CCC(=O)O. The molecule has 4 rings (SSSR count). The van der Waals surface area contributed by atoms with E-state index in [1.807, 2.05) is 48.5 Å². The van der Waals surface area contributed by atoms with E-state index in [2.05, 4.69) is 5.32 Å². The van der Waals surface area contributed by atoms with Gasteiger partial charge in [-0.05, 0) is 96.3 Å². The van der Waals surface area contributed by atoms with Gasteiger partial charge in [0.25, 0.3) is 5.91 Å². The maximum atomic E-state index is 14.0. The molecule has 0 aliphatic carbocycles. The zero-order valence-corrected chi connectivity index (χ0v) is 27.0. The molecule has 0 radical (unpaired) electrons. The maximum absolute atomic E-state index is 14.0. The first-order valence-electron chi connectivity index (χ1n) is 16.3. The number of nitrogens with one attached hydrogen (secondary N) is 1. The van der Waals surface area contributed by atoms with Crippen molar-refractivity contribution in [1.82, 2.24) is 5.32 Å². The Bertz CT molecular complexity index is 1660. The molecule has 0 aliphatic rings. The number of hydrogen-bond donors (Lipinski definition) is 3. The highest BCUT2D eigenvalue weighted by Gasteiger charge is 2.14. The van der Waals surface area contributed by atoms with Crippen LogP contribution < -0.4 is 14.8 Å². The molecule has 0 unspecified atom stereocenters. The normalized spacial score (nSPS) is 10.8. The van der Waals surface area contributed by atoms with Gasteiger partial charge in [0.05, 0.1) is 13.2 Å². The number of rotatable bonds is 20. The number of benzene rings is 4. The molecule has 0 heterocycles.